The van der Waals surface area contributed by atoms with E-state index in [1.807, 2.05) is 17.3 Å². The third-order valence-electron chi connectivity index (χ3n) is 1.79. The van der Waals surface area contributed by atoms with Crippen LogP contribution in [0.15, 0.2) is 10.9 Å². The Morgan fingerprint density at radius 2 is 2.50 bits per heavy atom. The Bertz CT molecular complexity index is 288. The van der Waals surface area contributed by atoms with Crippen LogP contribution >= 0.6 is 11.3 Å². The molecule has 1 rings (SSSR count). The van der Waals surface area contributed by atoms with Gasteiger partial charge < -0.3 is 11.5 Å². The van der Waals surface area contributed by atoms with Gasteiger partial charge >= 0.3 is 0 Å². The number of primary amides is 1. The maximum Gasteiger partial charge on any atom is 0.235 e. The van der Waals surface area contributed by atoms with Crippen molar-refractivity contribution in [3.05, 3.63) is 16.6 Å². The number of likely N-dealkylation sites (N-methyl/N-ethyl adjacent to an activating group) is 1. The summed E-state index contributed by atoms with van der Waals surface area (Å²) in [6.07, 6.45) is 0. The maximum absolute atomic E-state index is 10.7. The summed E-state index contributed by atoms with van der Waals surface area (Å²) in [5, 5.41) is 1.96. The van der Waals surface area contributed by atoms with Gasteiger partial charge in [-0.3, -0.25) is 9.69 Å². The van der Waals surface area contributed by atoms with Crippen molar-refractivity contribution in [2.24, 2.45) is 11.5 Å². The summed E-state index contributed by atoms with van der Waals surface area (Å²) in [6.45, 7) is 1.14. The van der Waals surface area contributed by atoms with E-state index in [1.165, 1.54) is 0 Å². The van der Waals surface area contributed by atoms with Gasteiger partial charge in [-0.05, 0) is 7.05 Å². The molecule has 0 spiro atoms. The first-order valence-corrected chi connectivity index (χ1v) is 5.14. The summed E-state index contributed by atoms with van der Waals surface area (Å²) < 4.78 is 0. The van der Waals surface area contributed by atoms with E-state index in [1.54, 1.807) is 16.8 Å². The highest BCUT2D eigenvalue weighted by molar-refractivity contribution is 7.07. The Hall–Kier alpha value is -0.980. The van der Waals surface area contributed by atoms with E-state index in [9.17, 15) is 4.79 Å². The molecule has 1 atom stereocenters. The van der Waals surface area contributed by atoms with Crippen molar-refractivity contribution in [1.29, 1.82) is 0 Å². The molecule has 0 bridgehead atoms. The molecule has 4 N–H and O–H groups in total. The molecule has 1 aromatic rings. The number of carbonyl (C=O) groups excluding carboxylic acids is 1. The fourth-order valence-corrected chi connectivity index (χ4v) is 1.63. The molecule has 14 heavy (non-hydrogen) atoms. The summed E-state index contributed by atoms with van der Waals surface area (Å²) in [6, 6.07) is -0.612. The molecule has 0 radical (unpaired) electrons. The van der Waals surface area contributed by atoms with Gasteiger partial charge in [0.05, 0.1) is 17.2 Å². The van der Waals surface area contributed by atoms with Crippen molar-refractivity contribution < 1.29 is 4.79 Å². The lowest BCUT2D eigenvalue weighted by atomic mass is 10.3. The van der Waals surface area contributed by atoms with E-state index in [2.05, 4.69) is 4.98 Å². The zero-order valence-corrected chi connectivity index (χ0v) is 8.83. The Labute approximate surface area is 86.7 Å². The molecular formula is C8H14N4OS. The highest BCUT2D eigenvalue weighted by Crippen LogP contribution is 2.03. The number of nitrogens with two attached hydrogens (primary N) is 2. The van der Waals surface area contributed by atoms with E-state index < -0.39 is 11.9 Å². The van der Waals surface area contributed by atoms with Crippen LogP contribution in [0.5, 0.6) is 0 Å². The molecule has 0 aromatic carbocycles. The van der Waals surface area contributed by atoms with Crippen molar-refractivity contribution in [3.63, 3.8) is 0 Å². The standard InChI is InChI=1S/C8H14N4OS/c1-12(3-7(9)8(10)13)2-6-4-14-5-11-6/h4-5,7H,2-3,9H2,1H3,(H2,10,13). The van der Waals surface area contributed by atoms with Crippen LogP contribution in [0, 0.1) is 0 Å². The summed E-state index contributed by atoms with van der Waals surface area (Å²) in [5.41, 5.74) is 13.3. The number of amides is 1. The number of thiazole rings is 1. The van der Waals surface area contributed by atoms with E-state index in [4.69, 9.17) is 11.5 Å². The first-order valence-electron chi connectivity index (χ1n) is 4.20. The molecule has 0 saturated carbocycles. The quantitative estimate of drug-likeness (QED) is 0.684. The minimum Gasteiger partial charge on any atom is -0.368 e. The largest absolute Gasteiger partial charge is 0.368 e. The van der Waals surface area contributed by atoms with Crippen molar-refractivity contribution in [1.82, 2.24) is 9.88 Å². The third kappa shape index (κ3) is 3.41. The first-order chi connectivity index (χ1) is 6.59. The number of rotatable bonds is 5. The van der Waals surface area contributed by atoms with Gasteiger partial charge in [0.2, 0.25) is 5.91 Å². The summed E-state index contributed by atoms with van der Waals surface area (Å²) in [4.78, 5) is 16.7. The van der Waals surface area contributed by atoms with Gasteiger partial charge in [0.1, 0.15) is 0 Å². The van der Waals surface area contributed by atoms with E-state index in [-0.39, 0.29) is 0 Å². The second kappa shape index (κ2) is 5.04. The molecule has 78 valence electrons. The van der Waals surface area contributed by atoms with Crippen LogP contribution < -0.4 is 11.5 Å². The molecule has 1 amide bonds. The third-order valence-corrected chi connectivity index (χ3v) is 2.42. The van der Waals surface area contributed by atoms with Crippen LogP contribution in [-0.2, 0) is 11.3 Å². The zero-order valence-electron chi connectivity index (χ0n) is 8.01. The SMILES string of the molecule is CN(Cc1cscn1)CC(N)C(N)=O. The van der Waals surface area contributed by atoms with Gasteiger partial charge in [-0.15, -0.1) is 11.3 Å². The molecule has 5 nitrogen and oxygen atoms in total. The molecule has 0 aliphatic rings. The highest BCUT2D eigenvalue weighted by Gasteiger charge is 2.12. The molecule has 1 aromatic heterocycles. The summed E-state index contributed by atoms with van der Waals surface area (Å²) in [5.74, 6) is -0.477. The van der Waals surface area contributed by atoms with Gasteiger partial charge in [0.25, 0.3) is 0 Å². The van der Waals surface area contributed by atoms with E-state index in [0.717, 1.165) is 5.69 Å². The molecule has 1 unspecified atom stereocenters. The van der Waals surface area contributed by atoms with E-state index in [0.29, 0.717) is 13.1 Å². The fourth-order valence-electron chi connectivity index (χ4n) is 1.08. The van der Waals surface area contributed by atoms with Crippen LogP contribution in [0.3, 0.4) is 0 Å². The molecular weight excluding hydrogens is 200 g/mol. The maximum atomic E-state index is 10.7. The minimum absolute atomic E-state index is 0.451. The predicted octanol–water partition coefficient (Wildman–Crippen LogP) is -0.612. The van der Waals surface area contributed by atoms with Gasteiger partial charge in [-0.2, -0.15) is 0 Å². The fraction of sp³-hybridized carbons (Fsp3) is 0.500. The van der Waals surface area contributed by atoms with E-state index >= 15 is 0 Å². The lowest BCUT2D eigenvalue weighted by Crippen LogP contribution is -2.44. The second-order valence-corrected chi connectivity index (χ2v) is 3.90. The Morgan fingerprint density at radius 3 is 3.00 bits per heavy atom. The number of hydrogen-bond donors (Lipinski definition) is 2. The molecule has 0 aliphatic carbocycles. The molecule has 1 heterocycles. The second-order valence-electron chi connectivity index (χ2n) is 3.19. The smallest absolute Gasteiger partial charge is 0.235 e. The van der Waals surface area contributed by atoms with Gasteiger partial charge in [0.15, 0.2) is 0 Å². The lowest BCUT2D eigenvalue weighted by Gasteiger charge is -2.17. The van der Waals surface area contributed by atoms with Crippen LogP contribution in [-0.4, -0.2) is 35.4 Å². The van der Waals surface area contributed by atoms with Gasteiger partial charge in [-0.1, -0.05) is 0 Å². The van der Waals surface area contributed by atoms with Crippen molar-refractivity contribution >= 4 is 17.2 Å². The molecule has 6 heteroatoms. The van der Waals surface area contributed by atoms with Crippen LogP contribution in [0.25, 0.3) is 0 Å². The van der Waals surface area contributed by atoms with Crippen LogP contribution in [0.1, 0.15) is 5.69 Å². The molecule has 0 aliphatic heterocycles. The van der Waals surface area contributed by atoms with Gasteiger partial charge in [-0.25, -0.2) is 4.98 Å². The predicted molar refractivity (Wildman–Crippen MR) is 55.6 cm³/mol. The highest BCUT2D eigenvalue weighted by atomic mass is 32.1. The Kier molecular flexibility index (Phi) is 3.99. The average Bonchev–Trinajstić information content (AvgIpc) is 2.56. The lowest BCUT2D eigenvalue weighted by molar-refractivity contribution is -0.119. The topological polar surface area (TPSA) is 85.2 Å². The Morgan fingerprint density at radius 1 is 1.79 bits per heavy atom. The van der Waals surface area contributed by atoms with Crippen molar-refractivity contribution in [2.45, 2.75) is 12.6 Å². The minimum atomic E-state index is -0.612. The monoisotopic (exact) mass is 214 g/mol. The Balaban J connectivity index is 2.36. The van der Waals surface area contributed by atoms with Gasteiger partial charge in [0, 0.05) is 18.5 Å². The average molecular weight is 214 g/mol. The number of hydrogen-bond acceptors (Lipinski definition) is 5. The summed E-state index contributed by atoms with van der Waals surface area (Å²) >= 11 is 1.55. The van der Waals surface area contributed by atoms with Crippen molar-refractivity contribution in [3.8, 4) is 0 Å². The van der Waals surface area contributed by atoms with Crippen LogP contribution in [0.2, 0.25) is 0 Å². The first kappa shape index (κ1) is 11.1. The normalized spacial score (nSPS) is 13.1. The molecule has 0 saturated heterocycles. The summed E-state index contributed by atoms with van der Waals surface area (Å²) in [7, 11) is 1.88. The number of nitrogens with zero attached hydrogens (tertiary/aromatic N) is 2. The zero-order chi connectivity index (χ0) is 10.6. The van der Waals surface area contributed by atoms with Crippen LogP contribution in [0.4, 0.5) is 0 Å². The molecule has 0 fully saturated rings. The van der Waals surface area contributed by atoms with Crippen molar-refractivity contribution in [2.75, 3.05) is 13.6 Å². The number of aromatic nitrogens is 1. The number of carbonyl (C=O) groups is 1.